The van der Waals surface area contributed by atoms with Crippen LogP contribution in [0.3, 0.4) is 0 Å². The van der Waals surface area contributed by atoms with E-state index in [-0.39, 0.29) is 11.6 Å². The highest BCUT2D eigenvalue weighted by molar-refractivity contribution is 6.28. The van der Waals surface area contributed by atoms with Gasteiger partial charge in [0.1, 0.15) is 0 Å². The van der Waals surface area contributed by atoms with Crippen LogP contribution in [0.5, 0.6) is 0 Å². The molecule has 25 heavy (non-hydrogen) atoms. The summed E-state index contributed by atoms with van der Waals surface area (Å²) in [6.07, 6.45) is 3.80. The smallest absolute Gasteiger partial charge is 0.194 e. The van der Waals surface area contributed by atoms with Crippen LogP contribution >= 0.6 is 0 Å². The van der Waals surface area contributed by atoms with E-state index in [2.05, 4.69) is 0 Å². The van der Waals surface area contributed by atoms with E-state index in [9.17, 15) is 9.59 Å². The topological polar surface area (TPSA) is 60.2 Å². The molecular formula is C22H15NO2. The average Bonchev–Trinajstić information content (AvgIpc) is 2.65. The summed E-state index contributed by atoms with van der Waals surface area (Å²) in [5.74, 6) is -0.215. The Morgan fingerprint density at radius 1 is 0.640 bits per heavy atom. The van der Waals surface area contributed by atoms with Gasteiger partial charge < -0.3 is 5.73 Å². The second-order valence-electron chi connectivity index (χ2n) is 5.97. The quantitative estimate of drug-likeness (QED) is 0.443. The second kappa shape index (κ2) is 5.87. The van der Waals surface area contributed by atoms with Crippen LogP contribution in [-0.2, 0) is 0 Å². The fourth-order valence-electron chi connectivity index (χ4n) is 3.07. The van der Waals surface area contributed by atoms with Gasteiger partial charge in [0.15, 0.2) is 11.6 Å². The highest BCUT2D eigenvalue weighted by atomic mass is 16.1. The molecule has 0 bridgehead atoms. The Kier molecular flexibility index (Phi) is 3.55. The van der Waals surface area contributed by atoms with Crippen molar-refractivity contribution >= 4 is 29.4 Å². The Morgan fingerprint density at radius 2 is 1.24 bits per heavy atom. The maximum absolute atomic E-state index is 12.7. The largest absolute Gasteiger partial charge is 0.398 e. The first kappa shape index (κ1) is 15.1. The highest BCUT2D eigenvalue weighted by Crippen LogP contribution is 2.28. The lowest BCUT2D eigenvalue weighted by Crippen LogP contribution is -2.20. The van der Waals surface area contributed by atoms with Crippen LogP contribution in [0.1, 0.15) is 43.0 Å². The van der Waals surface area contributed by atoms with Crippen LogP contribution in [0.4, 0.5) is 5.69 Å². The van der Waals surface area contributed by atoms with Gasteiger partial charge in [-0.05, 0) is 29.3 Å². The lowest BCUT2D eigenvalue weighted by atomic mass is 9.83. The van der Waals surface area contributed by atoms with E-state index in [4.69, 9.17) is 5.73 Å². The third-order valence-corrected chi connectivity index (χ3v) is 4.40. The minimum atomic E-state index is -0.111. The molecule has 3 heteroatoms. The van der Waals surface area contributed by atoms with Crippen LogP contribution in [-0.4, -0.2) is 11.6 Å². The Balaban J connectivity index is 1.75. The molecule has 1 aliphatic carbocycles. The molecule has 0 aromatic heterocycles. The molecule has 120 valence electrons. The molecule has 3 aromatic rings. The number of carbonyl (C=O) groups is 2. The van der Waals surface area contributed by atoms with Crippen LogP contribution in [0, 0.1) is 0 Å². The average molecular weight is 325 g/mol. The van der Waals surface area contributed by atoms with Crippen molar-refractivity contribution < 1.29 is 9.59 Å². The Hall–Kier alpha value is -3.46. The molecule has 0 radical (unpaired) electrons. The number of nitrogen functional groups attached to an aromatic ring is 1. The first-order chi connectivity index (χ1) is 12.1. The molecule has 0 fully saturated rings. The summed E-state index contributed by atoms with van der Waals surface area (Å²) < 4.78 is 0. The van der Waals surface area contributed by atoms with Crippen molar-refractivity contribution in [1.29, 1.82) is 0 Å². The lowest BCUT2D eigenvalue weighted by Gasteiger charge is -2.17. The molecule has 0 aliphatic heterocycles. The number of para-hydroxylation sites is 1. The molecule has 3 aromatic carbocycles. The second-order valence-corrected chi connectivity index (χ2v) is 5.97. The zero-order valence-corrected chi connectivity index (χ0v) is 13.4. The number of rotatable bonds is 2. The Morgan fingerprint density at radius 3 is 1.96 bits per heavy atom. The number of benzene rings is 3. The van der Waals surface area contributed by atoms with Crippen molar-refractivity contribution in [3.8, 4) is 0 Å². The minimum Gasteiger partial charge on any atom is -0.398 e. The summed E-state index contributed by atoms with van der Waals surface area (Å²) in [6.45, 7) is 0. The molecule has 2 N–H and O–H groups in total. The summed E-state index contributed by atoms with van der Waals surface area (Å²) in [4.78, 5) is 25.3. The Labute approximate surface area is 145 Å². The van der Waals surface area contributed by atoms with E-state index >= 15 is 0 Å². The number of hydrogen-bond donors (Lipinski definition) is 1. The molecule has 0 amide bonds. The SMILES string of the molecule is Nc1ccccc1/C=C/c1ccc2c(c1)C(=O)c1ccccc1C2=O. The first-order valence-electron chi connectivity index (χ1n) is 8.00. The number of anilines is 1. The van der Waals surface area contributed by atoms with Gasteiger partial charge in [-0.15, -0.1) is 0 Å². The van der Waals surface area contributed by atoms with Gasteiger partial charge in [0, 0.05) is 27.9 Å². The van der Waals surface area contributed by atoms with Crippen molar-refractivity contribution in [3.05, 3.63) is 100 Å². The van der Waals surface area contributed by atoms with E-state index in [0.29, 0.717) is 27.9 Å². The predicted molar refractivity (Wildman–Crippen MR) is 99.5 cm³/mol. The molecule has 4 rings (SSSR count). The summed E-state index contributed by atoms with van der Waals surface area (Å²) in [7, 11) is 0. The number of hydrogen-bond acceptors (Lipinski definition) is 3. The van der Waals surface area contributed by atoms with Crippen molar-refractivity contribution in [2.24, 2.45) is 0 Å². The molecule has 0 heterocycles. The Bertz CT molecular complexity index is 1050. The molecule has 1 aliphatic rings. The van der Waals surface area contributed by atoms with Gasteiger partial charge in [-0.3, -0.25) is 9.59 Å². The normalized spacial score (nSPS) is 13.0. The van der Waals surface area contributed by atoms with E-state index in [0.717, 1.165) is 11.1 Å². The van der Waals surface area contributed by atoms with Gasteiger partial charge >= 0.3 is 0 Å². The monoisotopic (exact) mass is 325 g/mol. The molecule has 0 atom stereocenters. The molecule has 0 spiro atoms. The van der Waals surface area contributed by atoms with Crippen LogP contribution < -0.4 is 5.73 Å². The third kappa shape index (κ3) is 2.56. The van der Waals surface area contributed by atoms with Gasteiger partial charge in [0.05, 0.1) is 0 Å². The molecule has 0 saturated heterocycles. The van der Waals surface area contributed by atoms with E-state index in [1.807, 2.05) is 42.5 Å². The van der Waals surface area contributed by atoms with Gasteiger partial charge in [-0.2, -0.15) is 0 Å². The molecule has 0 unspecified atom stereocenters. The number of nitrogens with two attached hydrogens (primary N) is 1. The van der Waals surface area contributed by atoms with Gasteiger partial charge in [-0.25, -0.2) is 0 Å². The van der Waals surface area contributed by atoms with E-state index in [1.54, 1.807) is 36.4 Å². The highest BCUT2D eigenvalue weighted by Gasteiger charge is 2.29. The standard InChI is InChI=1S/C22H15NO2/c23-20-8-4-1-5-15(20)11-9-14-10-12-18-19(13-14)22(25)17-7-3-2-6-16(17)21(18)24/h1-13H,23H2/b11-9+. The summed E-state index contributed by atoms with van der Waals surface area (Å²) >= 11 is 0. The van der Waals surface area contributed by atoms with Crippen molar-refractivity contribution in [3.63, 3.8) is 0 Å². The van der Waals surface area contributed by atoms with Crippen molar-refractivity contribution in [1.82, 2.24) is 0 Å². The molecular weight excluding hydrogens is 310 g/mol. The predicted octanol–water partition coefficient (Wildman–Crippen LogP) is 4.21. The van der Waals surface area contributed by atoms with Crippen LogP contribution in [0.15, 0.2) is 66.7 Å². The lowest BCUT2D eigenvalue weighted by molar-refractivity contribution is 0.0979. The number of ketones is 2. The summed E-state index contributed by atoms with van der Waals surface area (Å²) in [5.41, 5.74) is 10.2. The van der Waals surface area contributed by atoms with Crippen LogP contribution in [0.25, 0.3) is 12.2 Å². The number of carbonyl (C=O) groups excluding carboxylic acids is 2. The van der Waals surface area contributed by atoms with E-state index in [1.165, 1.54) is 0 Å². The van der Waals surface area contributed by atoms with Crippen molar-refractivity contribution in [2.45, 2.75) is 0 Å². The van der Waals surface area contributed by atoms with Crippen LogP contribution in [0.2, 0.25) is 0 Å². The fourth-order valence-corrected chi connectivity index (χ4v) is 3.07. The summed E-state index contributed by atoms with van der Waals surface area (Å²) in [5, 5.41) is 0. The van der Waals surface area contributed by atoms with Crippen molar-refractivity contribution in [2.75, 3.05) is 5.73 Å². The van der Waals surface area contributed by atoms with E-state index < -0.39 is 0 Å². The minimum absolute atomic E-state index is 0.104. The molecule has 0 saturated carbocycles. The first-order valence-corrected chi connectivity index (χ1v) is 8.00. The van der Waals surface area contributed by atoms with Gasteiger partial charge in [0.25, 0.3) is 0 Å². The van der Waals surface area contributed by atoms with Gasteiger partial charge in [0.2, 0.25) is 0 Å². The third-order valence-electron chi connectivity index (χ3n) is 4.40. The number of fused-ring (bicyclic) bond motifs is 2. The van der Waals surface area contributed by atoms with Gasteiger partial charge in [-0.1, -0.05) is 60.7 Å². The maximum atomic E-state index is 12.7. The maximum Gasteiger partial charge on any atom is 0.194 e. The zero-order chi connectivity index (χ0) is 17.4. The fraction of sp³-hybridized carbons (Fsp3) is 0. The molecule has 3 nitrogen and oxygen atoms in total. The zero-order valence-electron chi connectivity index (χ0n) is 13.4. The summed E-state index contributed by atoms with van der Waals surface area (Å²) in [6, 6.07) is 19.8.